The van der Waals surface area contributed by atoms with Crippen molar-refractivity contribution in [3.63, 3.8) is 0 Å². The molecule has 1 aliphatic heterocycles. The van der Waals surface area contributed by atoms with Crippen molar-refractivity contribution in [2.24, 2.45) is 0 Å². The van der Waals surface area contributed by atoms with Gasteiger partial charge in [0, 0.05) is 0 Å². The van der Waals surface area contributed by atoms with Crippen LogP contribution in [0.1, 0.15) is 5.56 Å². The molecule has 13 heavy (non-hydrogen) atoms. The summed E-state index contributed by atoms with van der Waals surface area (Å²) < 4.78 is 5.62. The number of nitrogens with one attached hydrogen (secondary N) is 1. The van der Waals surface area contributed by atoms with Gasteiger partial charge in [-0.05, 0) is 0 Å². The Hall–Kier alpha value is -0.665. The van der Waals surface area contributed by atoms with Crippen molar-refractivity contribution in [3.8, 4) is 0 Å². The molecule has 0 spiro atoms. The van der Waals surface area contributed by atoms with Crippen LogP contribution in [-0.4, -0.2) is 32.7 Å². The van der Waals surface area contributed by atoms with Gasteiger partial charge in [-0.3, -0.25) is 0 Å². The molecule has 1 aliphatic rings. The van der Waals surface area contributed by atoms with E-state index in [0.717, 1.165) is 26.1 Å². The molecular weight excluding hydrogens is 161 g/mol. The second-order valence-corrected chi connectivity index (χ2v) is 3.39. The number of ether oxygens (including phenoxy) is 1. The molecule has 0 bridgehead atoms. The first kappa shape index (κ1) is 8.91. The summed E-state index contributed by atoms with van der Waals surface area (Å²) in [5.74, 6) is 4.15. The van der Waals surface area contributed by atoms with Crippen molar-refractivity contribution in [3.05, 3.63) is 29.6 Å². The first-order valence-corrected chi connectivity index (χ1v) is 4.81. The molecule has 0 radical (unpaired) electrons. The average molecular weight is 175 g/mol. The van der Waals surface area contributed by atoms with Crippen LogP contribution in [0.3, 0.4) is 0 Å². The van der Waals surface area contributed by atoms with E-state index in [1.54, 1.807) is 0 Å². The second-order valence-electron chi connectivity index (χ2n) is 3.39. The van der Waals surface area contributed by atoms with Crippen LogP contribution in [0.25, 0.3) is 0 Å². The van der Waals surface area contributed by atoms with E-state index in [2.05, 4.69) is 29.4 Å². The maximum absolute atomic E-state index is 5.62. The van der Waals surface area contributed by atoms with Gasteiger partial charge in [-0.1, -0.05) is 0 Å². The van der Waals surface area contributed by atoms with Crippen LogP contribution in [0.2, 0.25) is 0 Å². The Morgan fingerprint density at radius 2 is 2.31 bits per heavy atom. The quantitative estimate of drug-likeness (QED) is 0.708. The third-order valence-electron chi connectivity index (χ3n) is 2.31. The van der Waals surface area contributed by atoms with E-state index >= 15 is 0 Å². The van der Waals surface area contributed by atoms with Gasteiger partial charge < -0.3 is 0 Å². The fourth-order valence-corrected chi connectivity index (χ4v) is 1.63. The molecule has 1 atom stereocenters. The summed E-state index contributed by atoms with van der Waals surface area (Å²) in [7, 11) is 0. The zero-order valence-corrected chi connectivity index (χ0v) is 7.70. The van der Waals surface area contributed by atoms with Gasteiger partial charge in [0.05, 0.1) is 0 Å². The zero-order valence-electron chi connectivity index (χ0n) is 7.70. The predicted molar refractivity (Wildman–Crippen MR) is 54.1 cm³/mol. The second kappa shape index (κ2) is 4.54. The Labute approximate surface area is 79.5 Å². The van der Waals surface area contributed by atoms with Crippen LogP contribution in [0.5, 0.6) is 0 Å². The zero-order chi connectivity index (χ0) is 8.93. The van der Waals surface area contributed by atoms with E-state index in [0.29, 0.717) is 6.10 Å². The van der Waals surface area contributed by atoms with Crippen LogP contribution in [-0.2, 0) is 11.2 Å². The summed E-state index contributed by atoms with van der Waals surface area (Å²) in [6.07, 6.45) is 1.38. The summed E-state index contributed by atoms with van der Waals surface area (Å²) in [5.41, 5.74) is 1.36. The minimum absolute atomic E-state index is 0.358. The number of hydrogen-bond donors (Lipinski definition) is 1. The van der Waals surface area contributed by atoms with Crippen molar-refractivity contribution < 1.29 is 4.74 Å². The molecule has 68 valence electrons. The Morgan fingerprint density at radius 3 is 3.00 bits per heavy atom. The third-order valence-corrected chi connectivity index (χ3v) is 2.31. The predicted octanol–water partition coefficient (Wildman–Crippen LogP) is 0.556. The van der Waals surface area contributed by atoms with Gasteiger partial charge in [0.1, 0.15) is 0 Å². The molecule has 2 rings (SSSR count). The van der Waals surface area contributed by atoms with Gasteiger partial charge in [-0.2, -0.15) is 0 Å². The molecule has 1 fully saturated rings. The van der Waals surface area contributed by atoms with E-state index in [1.165, 1.54) is 5.56 Å². The summed E-state index contributed by atoms with van der Waals surface area (Å²) >= 11 is 0. The fraction of sp³-hybridized carbons (Fsp3) is 0.500. The van der Waals surface area contributed by atoms with Crippen molar-refractivity contribution in [2.75, 3.05) is 19.7 Å². The van der Waals surface area contributed by atoms with Gasteiger partial charge in [0.25, 0.3) is 0 Å². The van der Waals surface area contributed by atoms with Crippen molar-refractivity contribution in [2.45, 2.75) is 12.5 Å². The summed E-state index contributed by atoms with van der Waals surface area (Å²) in [4.78, 5) is 0. The third kappa shape index (κ3) is 2.64. The van der Waals surface area contributed by atoms with Crippen LogP contribution >= 0.6 is 0 Å². The Morgan fingerprint density at radius 1 is 1.46 bits per heavy atom. The standard InChI is InChI=1S/C10H14BNO/c1-3-11-4-2-9(1)7-10-8-12-5-6-13-10/h1-4,10,12H,5-8H2. The van der Waals surface area contributed by atoms with E-state index in [9.17, 15) is 0 Å². The van der Waals surface area contributed by atoms with Crippen molar-refractivity contribution in [1.82, 2.24) is 5.32 Å². The fourth-order valence-electron chi connectivity index (χ4n) is 1.63. The van der Waals surface area contributed by atoms with Crippen LogP contribution in [0.4, 0.5) is 0 Å². The summed E-state index contributed by atoms with van der Waals surface area (Å²) in [6.45, 7) is 4.86. The Bertz CT molecular complexity index is 246. The van der Waals surface area contributed by atoms with Crippen molar-refractivity contribution >= 4 is 6.91 Å². The van der Waals surface area contributed by atoms with Gasteiger partial charge in [-0.15, -0.1) is 0 Å². The molecule has 0 saturated carbocycles. The molecule has 1 N–H and O–H groups in total. The number of rotatable bonds is 2. The molecule has 0 aromatic carbocycles. The molecule has 2 heterocycles. The molecule has 3 heteroatoms. The van der Waals surface area contributed by atoms with Gasteiger partial charge in [-0.25, -0.2) is 0 Å². The van der Waals surface area contributed by atoms with E-state index in [4.69, 9.17) is 4.74 Å². The molecule has 0 amide bonds. The normalized spacial score (nSPS) is 22.6. The summed E-state index contributed by atoms with van der Waals surface area (Å²) in [6, 6.07) is 4.30. The number of hydrogen-bond acceptors (Lipinski definition) is 2. The topological polar surface area (TPSA) is 21.3 Å². The molecule has 2 nitrogen and oxygen atoms in total. The molecule has 1 saturated heterocycles. The SMILES string of the molecule is b1ccc(CC2CNCCO2)cc1. The molecule has 1 aromatic heterocycles. The molecule has 0 aliphatic carbocycles. The van der Waals surface area contributed by atoms with Gasteiger partial charge in [0.15, 0.2) is 0 Å². The van der Waals surface area contributed by atoms with Crippen LogP contribution < -0.4 is 5.32 Å². The van der Waals surface area contributed by atoms with E-state index in [-0.39, 0.29) is 0 Å². The van der Waals surface area contributed by atoms with Crippen LogP contribution in [0, 0.1) is 0 Å². The molecule has 1 aromatic rings. The maximum atomic E-state index is 5.62. The molecule has 1 unspecified atom stereocenters. The Balaban J connectivity index is 1.90. The Kier molecular flexibility index (Phi) is 3.11. The molecular formula is C10H14BNO. The minimum atomic E-state index is 0.358. The average Bonchev–Trinajstić information content (AvgIpc) is 2.21. The van der Waals surface area contributed by atoms with Gasteiger partial charge >= 0.3 is 78.8 Å². The van der Waals surface area contributed by atoms with E-state index in [1.807, 2.05) is 6.91 Å². The monoisotopic (exact) mass is 175 g/mol. The van der Waals surface area contributed by atoms with Crippen molar-refractivity contribution in [1.29, 1.82) is 0 Å². The van der Waals surface area contributed by atoms with Gasteiger partial charge in [0.2, 0.25) is 0 Å². The van der Waals surface area contributed by atoms with E-state index < -0.39 is 0 Å². The summed E-state index contributed by atoms with van der Waals surface area (Å²) in [5, 5.41) is 3.33. The van der Waals surface area contributed by atoms with Crippen LogP contribution in [0.15, 0.2) is 24.1 Å². The first-order chi connectivity index (χ1) is 6.45. The number of morpholine rings is 1. The first-order valence-electron chi connectivity index (χ1n) is 4.81.